The number of carboxylic acids is 1. The van der Waals surface area contributed by atoms with Crippen LogP contribution in [0.15, 0.2) is 18.2 Å². The van der Waals surface area contributed by atoms with Crippen LogP contribution in [0.1, 0.15) is 99.0 Å². The van der Waals surface area contributed by atoms with Gasteiger partial charge in [-0.15, -0.1) is 0 Å². The summed E-state index contributed by atoms with van der Waals surface area (Å²) in [5.41, 5.74) is -0.938. The molecule has 0 radical (unpaired) electrons. The van der Waals surface area contributed by atoms with Crippen LogP contribution in [0.2, 0.25) is 0 Å². The molecule has 224 valence electrons. The summed E-state index contributed by atoms with van der Waals surface area (Å²) in [5.74, 6) is -2.17. The third-order valence-electron chi connectivity index (χ3n) is 7.93. The quantitative estimate of drug-likeness (QED) is 0.224. The van der Waals surface area contributed by atoms with E-state index in [-0.39, 0.29) is 36.4 Å². The lowest BCUT2D eigenvalue weighted by molar-refractivity contribution is -0.154. The largest absolute Gasteiger partial charge is 0.480 e. The van der Waals surface area contributed by atoms with Gasteiger partial charge in [-0.25, -0.2) is 0 Å². The Bertz CT molecular complexity index is 1040. The molecule has 0 aromatic heterocycles. The molecular formula is C31H47NO8. The Morgan fingerprint density at radius 3 is 2.00 bits per heavy atom. The minimum atomic E-state index is -1.07. The van der Waals surface area contributed by atoms with Gasteiger partial charge in [0.15, 0.2) is 11.5 Å². The van der Waals surface area contributed by atoms with Crippen LogP contribution in [-0.2, 0) is 30.3 Å². The van der Waals surface area contributed by atoms with Crippen molar-refractivity contribution in [2.24, 2.45) is 16.7 Å². The summed E-state index contributed by atoms with van der Waals surface area (Å²) in [4.78, 5) is 50.1. The molecule has 1 saturated carbocycles. The Kier molecular flexibility index (Phi) is 12.2. The van der Waals surface area contributed by atoms with Crippen molar-refractivity contribution in [2.45, 2.75) is 112 Å². The maximum atomic E-state index is 12.9. The smallest absolute Gasteiger partial charge is 0.321 e. The molecule has 1 aromatic rings. The maximum absolute atomic E-state index is 12.9. The van der Waals surface area contributed by atoms with Crippen LogP contribution >= 0.6 is 0 Å². The first kappa shape index (κ1) is 33.3. The third kappa shape index (κ3) is 9.61. The number of rotatable bonds is 14. The average molecular weight is 562 g/mol. The monoisotopic (exact) mass is 561 g/mol. The van der Waals surface area contributed by atoms with Crippen molar-refractivity contribution in [2.75, 3.05) is 6.54 Å². The molecule has 9 heteroatoms. The first-order valence-electron chi connectivity index (χ1n) is 14.4. The van der Waals surface area contributed by atoms with Crippen LogP contribution in [0.25, 0.3) is 0 Å². The van der Waals surface area contributed by atoms with Crippen LogP contribution in [0.5, 0.6) is 11.5 Å². The summed E-state index contributed by atoms with van der Waals surface area (Å²) >= 11 is 0. The van der Waals surface area contributed by atoms with Crippen molar-refractivity contribution in [3.63, 3.8) is 0 Å². The van der Waals surface area contributed by atoms with E-state index >= 15 is 0 Å². The van der Waals surface area contributed by atoms with Gasteiger partial charge < -0.3 is 24.6 Å². The SMILES string of the molecule is CCC(C)(C)C(=O)Oc1ccc(C[C@H](NCC(C)OC(=O)C2CCCCC2)C(=O)O)cc1OC(=O)C(C)(C)CC. The Labute approximate surface area is 238 Å². The molecule has 0 amide bonds. The van der Waals surface area contributed by atoms with E-state index in [2.05, 4.69) is 5.32 Å². The van der Waals surface area contributed by atoms with Gasteiger partial charge in [0.2, 0.25) is 0 Å². The number of hydrogen-bond acceptors (Lipinski definition) is 8. The zero-order chi connectivity index (χ0) is 30.1. The second kappa shape index (κ2) is 14.6. The highest BCUT2D eigenvalue weighted by Gasteiger charge is 2.32. The molecule has 2 rings (SSSR count). The fraction of sp³-hybridized carbons (Fsp3) is 0.677. The molecule has 0 spiro atoms. The fourth-order valence-corrected chi connectivity index (χ4v) is 4.07. The van der Waals surface area contributed by atoms with Crippen molar-refractivity contribution in [1.29, 1.82) is 0 Å². The lowest BCUT2D eigenvalue weighted by Gasteiger charge is -2.24. The van der Waals surface area contributed by atoms with Gasteiger partial charge in [-0.05, 0) is 84.4 Å². The van der Waals surface area contributed by atoms with Crippen LogP contribution in [0.4, 0.5) is 0 Å². The van der Waals surface area contributed by atoms with E-state index in [0.29, 0.717) is 18.4 Å². The van der Waals surface area contributed by atoms with Crippen LogP contribution in [-0.4, -0.2) is 47.7 Å². The second-order valence-electron chi connectivity index (χ2n) is 12.1. The second-order valence-corrected chi connectivity index (χ2v) is 12.1. The van der Waals surface area contributed by atoms with Crippen molar-refractivity contribution in [3.05, 3.63) is 23.8 Å². The summed E-state index contributed by atoms with van der Waals surface area (Å²) in [5, 5.41) is 12.8. The molecule has 1 aromatic carbocycles. The van der Waals surface area contributed by atoms with E-state index in [0.717, 1.165) is 32.1 Å². The molecule has 40 heavy (non-hydrogen) atoms. The number of hydrogen-bond donors (Lipinski definition) is 2. The highest BCUT2D eigenvalue weighted by Crippen LogP contribution is 2.34. The Morgan fingerprint density at radius 1 is 0.925 bits per heavy atom. The van der Waals surface area contributed by atoms with Gasteiger partial charge in [0.25, 0.3) is 0 Å². The fourth-order valence-electron chi connectivity index (χ4n) is 4.07. The number of carbonyl (C=O) groups is 4. The Morgan fingerprint density at radius 2 is 1.48 bits per heavy atom. The van der Waals surface area contributed by atoms with Crippen molar-refractivity contribution in [1.82, 2.24) is 5.32 Å². The van der Waals surface area contributed by atoms with Gasteiger partial charge in [0.05, 0.1) is 16.7 Å². The molecule has 1 aliphatic rings. The number of aliphatic carboxylic acids is 1. The number of nitrogens with one attached hydrogen (secondary N) is 1. The topological polar surface area (TPSA) is 128 Å². The molecule has 0 aliphatic heterocycles. The van der Waals surface area contributed by atoms with Crippen molar-refractivity contribution >= 4 is 23.9 Å². The predicted octanol–water partition coefficient (Wildman–Crippen LogP) is 5.47. The molecule has 1 unspecified atom stereocenters. The van der Waals surface area contributed by atoms with Crippen molar-refractivity contribution < 1.29 is 38.5 Å². The zero-order valence-electron chi connectivity index (χ0n) is 25.1. The molecule has 2 atom stereocenters. The van der Waals surface area contributed by atoms with E-state index < -0.39 is 40.9 Å². The zero-order valence-corrected chi connectivity index (χ0v) is 25.1. The first-order valence-corrected chi connectivity index (χ1v) is 14.4. The van der Waals surface area contributed by atoms with E-state index in [4.69, 9.17) is 14.2 Å². The van der Waals surface area contributed by atoms with Gasteiger partial charge in [-0.2, -0.15) is 0 Å². The molecule has 1 fully saturated rings. The number of carboxylic acid groups (broad SMARTS) is 1. The lowest BCUT2D eigenvalue weighted by Crippen LogP contribution is -2.43. The van der Waals surface area contributed by atoms with E-state index in [1.54, 1.807) is 40.7 Å². The third-order valence-corrected chi connectivity index (χ3v) is 7.93. The standard InChI is InChI=1S/C31H47NO8/c1-8-30(4,5)28(36)39-24-16-15-21(18-25(24)40-29(37)31(6,7)9-2)17-23(26(33)34)32-19-20(3)38-27(35)22-13-11-10-12-14-22/h15-16,18,20,22-23,32H,8-14,17,19H2,1-7H3,(H,33,34)/t20?,23-/m0/s1. The maximum Gasteiger partial charge on any atom is 0.321 e. The summed E-state index contributed by atoms with van der Waals surface area (Å²) in [7, 11) is 0. The first-order chi connectivity index (χ1) is 18.7. The highest BCUT2D eigenvalue weighted by atomic mass is 16.6. The number of ether oxygens (including phenoxy) is 3. The summed E-state index contributed by atoms with van der Waals surface area (Å²) in [6, 6.07) is 3.72. The van der Waals surface area contributed by atoms with E-state index in [1.165, 1.54) is 12.1 Å². The summed E-state index contributed by atoms with van der Waals surface area (Å²) in [6.07, 6.45) is 5.52. The molecular weight excluding hydrogens is 514 g/mol. The van der Waals surface area contributed by atoms with Crippen LogP contribution in [0, 0.1) is 16.7 Å². The number of esters is 3. The van der Waals surface area contributed by atoms with Crippen molar-refractivity contribution in [3.8, 4) is 11.5 Å². The summed E-state index contributed by atoms with van der Waals surface area (Å²) < 4.78 is 16.9. The van der Waals surface area contributed by atoms with Gasteiger partial charge in [-0.3, -0.25) is 19.2 Å². The van der Waals surface area contributed by atoms with E-state index in [1.807, 2.05) is 13.8 Å². The molecule has 0 saturated heterocycles. The predicted molar refractivity (Wildman–Crippen MR) is 151 cm³/mol. The Balaban J connectivity index is 2.17. The van der Waals surface area contributed by atoms with Gasteiger partial charge >= 0.3 is 23.9 Å². The average Bonchev–Trinajstić information content (AvgIpc) is 2.92. The van der Waals surface area contributed by atoms with E-state index in [9.17, 15) is 24.3 Å². The molecule has 0 bridgehead atoms. The normalized spacial score (nSPS) is 16.1. The molecule has 9 nitrogen and oxygen atoms in total. The Hall–Kier alpha value is -2.94. The summed E-state index contributed by atoms with van der Waals surface area (Å²) in [6.45, 7) is 12.7. The van der Waals surface area contributed by atoms with Gasteiger partial charge in [0.1, 0.15) is 12.1 Å². The molecule has 0 heterocycles. The minimum Gasteiger partial charge on any atom is -0.480 e. The van der Waals surface area contributed by atoms with Crippen LogP contribution < -0.4 is 14.8 Å². The number of benzene rings is 1. The molecule has 2 N–H and O–H groups in total. The van der Waals surface area contributed by atoms with Crippen LogP contribution in [0.3, 0.4) is 0 Å². The van der Waals surface area contributed by atoms with Gasteiger partial charge in [-0.1, -0.05) is 39.2 Å². The lowest BCUT2D eigenvalue weighted by atomic mass is 9.89. The number of carbonyl (C=O) groups excluding carboxylic acids is 3. The minimum absolute atomic E-state index is 0.0585. The molecule has 1 aliphatic carbocycles. The highest BCUT2D eigenvalue weighted by molar-refractivity contribution is 5.81. The van der Waals surface area contributed by atoms with Gasteiger partial charge in [0, 0.05) is 6.54 Å².